The lowest BCUT2D eigenvalue weighted by Crippen LogP contribution is -2.46. The molecular weight excluding hydrogens is 745 g/mol. The molecule has 0 bridgehead atoms. The standard InChI is InChI=1S/C40H42N12O6/c1-47(2)39(55)37-43-31-7-5-26(20-34(31)58-37)28-18-30(24-50(22-28)36(54)10-14-52-16-12-42-46-52)29-17-27(21-49(23-29)35(53)9-13-51-15-11-41-45-51)25-6-8-33-32(19-25)44-38(57-33)40(56)48(3)4/h5-8,11-12,15-20,29-30H,9-10,13-14,21-24H2,1-4H3. The number of amides is 4. The minimum atomic E-state index is -0.343. The van der Waals surface area contributed by atoms with Crippen molar-refractivity contribution in [3.8, 4) is 0 Å². The second-order valence-electron chi connectivity index (χ2n) is 14.9. The lowest BCUT2D eigenvalue weighted by atomic mass is 9.81. The molecule has 0 saturated carbocycles. The molecule has 2 aromatic carbocycles. The predicted octanol–water partition coefficient (Wildman–Crippen LogP) is 3.12. The molecule has 58 heavy (non-hydrogen) atoms. The predicted molar refractivity (Wildman–Crippen MR) is 209 cm³/mol. The average Bonchev–Trinajstić information content (AvgIpc) is 4.08. The van der Waals surface area contributed by atoms with Gasteiger partial charge in [-0.3, -0.25) is 28.5 Å². The molecule has 18 heteroatoms. The Hall–Kier alpha value is -6.98. The van der Waals surface area contributed by atoms with Crippen LogP contribution >= 0.6 is 0 Å². The van der Waals surface area contributed by atoms with Crippen molar-refractivity contribution >= 4 is 57.0 Å². The van der Waals surface area contributed by atoms with Gasteiger partial charge in [0, 0.05) is 91.4 Å². The fourth-order valence-corrected chi connectivity index (χ4v) is 7.31. The SMILES string of the molecule is CN(C)C(=O)c1nc2cc(C3=CC(C4C=C(c5ccc6nc(C(=O)N(C)C)oc6c5)CN(C(=O)CCn5ccnn5)C4)CN(C(=O)CCn4ccnn4)C3)ccc2o1. The highest BCUT2D eigenvalue weighted by Gasteiger charge is 2.34. The first kappa shape index (κ1) is 37.9. The van der Waals surface area contributed by atoms with Gasteiger partial charge in [-0.15, -0.1) is 10.2 Å². The van der Waals surface area contributed by atoms with Crippen molar-refractivity contribution in [2.75, 3.05) is 54.4 Å². The molecular formula is C40H42N12O6. The summed E-state index contributed by atoms with van der Waals surface area (Å²) in [4.78, 5) is 68.6. The molecule has 0 aliphatic carbocycles. The van der Waals surface area contributed by atoms with Crippen LogP contribution in [0.5, 0.6) is 0 Å². The van der Waals surface area contributed by atoms with Crippen LogP contribution in [0.3, 0.4) is 0 Å². The molecule has 4 amide bonds. The van der Waals surface area contributed by atoms with E-state index in [0.29, 0.717) is 61.5 Å². The van der Waals surface area contributed by atoms with Crippen molar-refractivity contribution in [1.29, 1.82) is 0 Å². The molecule has 0 spiro atoms. The summed E-state index contributed by atoms with van der Waals surface area (Å²) in [7, 11) is 6.55. The van der Waals surface area contributed by atoms with Crippen molar-refractivity contribution in [2.24, 2.45) is 11.8 Å². The molecule has 2 aliphatic rings. The third-order valence-electron chi connectivity index (χ3n) is 10.4. The van der Waals surface area contributed by atoms with Crippen LogP contribution in [0, 0.1) is 11.8 Å². The number of hydrogen-bond donors (Lipinski definition) is 0. The first-order chi connectivity index (χ1) is 28.0. The highest BCUT2D eigenvalue weighted by molar-refractivity contribution is 5.94. The van der Waals surface area contributed by atoms with Crippen molar-refractivity contribution in [1.82, 2.24) is 59.6 Å². The summed E-state index contributed by atoms with van der Waals surface area (Å²) in [6.45, 7) is 2.27. The Morgan fingerprint density at radius 1 is 0.655 bits per heavy atom. The first-order valence-corrected chi connectivity index (χ1v) is 18.9. The monoisotopic (exact) mass is 786 g/mol. The highest BCUT2D eigenvalue weighted by Crippen LogP contribution is 2.36. The van der Waals surface area contributed by atoms with Crippen molar-refractivity contribution in [3.63, 3.8) is 0 Å². The zero-order chi connectivity index (χ0) is 40.5. The third kappa shape index (κ3) is 7.98. The van der Waals surface area contributed by atoms with Crippen LogP contribution in [0.1, 0.15) is 45.3 Å². The van der Waals surface area contributed by atoms with Crippen LogP contribution in [0.15, 0.2) is 82.2 Å². The van der Waals surface area contributed by atoms with Gasteiger partial charge in [-0.1, -0.05) is 34.7 Å². The minimum Gasteiger partial charge on any atom is -0.432 e. The number of carbonyl (C=O) groups is 4. The van der Waals surface area contributed by atoms with E-state index in [1.165, 1.54) is 9.80 Å². The van der Waals surface area contributed by atoms with E-state index in [9.17, 15) is 19.2 Å². The number of fused-ring (bicyclic) bond motifs is 2. The summed E-state index contributed by atoms with van der Waals surface area (Å²) in [5, 5.41) is 15.8. The van der Waals surface area contributed by atoms with Gasteiger partial charge in [0.05, 0.1) is 25.5 Å². The molecule has 2 unspecified atom stereocenters. The van der Waals surface area contributed by atoms with Crippen LogP contribution in [-0.4, -0.2) is 138 Å². The highest BCUT2D eigenvalue weighted by atomic mass is 16.4. The van der Waals surface area contributed by atoms with Crippen LogP contribution in [0.4, 0.5) is 0 Å². The zero-order valence-electron chi connectivity index (χ0n) is 32.6. The van der Waals surface area contributed by atoms with Crippen LogP contribution < -0.4 is 0 Å². The largest absolute Gasteiger partial charge is 0.432 e. The lowest BCUT2D eigenvalue weighted by molar-refractivity contribution is -0.133. The maximum absolute atomic E-state index is 14.0. The average molecular weight is 787 g/mol. The smallest absolute Gasteiger partial charge is 0.309 e. The summed E-state index contributed by atoms with van der Waals surface area (Å²) < 4.78 is 14.9. The number of aryl methyl sites for hydroxylation is 2. The number of hydrogen-bond acceptors (Lipinski definition) is 12. The third-order valence-corrected chi connectivity index (χ3v) is 10.4. The molecule has 6 heterocycles. The van der Waals surface area contributed by atoms with Crippen molar-refractivity contribution in [2.45, 2.75) is 25.9 Å². The maximum atomic E-state index is 14.0. The van der Waals surface area contributed by atoms with Gasteiger partial charge in [-0.25, -0.2) is 9.97 Å². The van der Waals surface area contributed by atoms with Gasteiger partial charge in [0.1, 0.15) is 11.0 Å². The Morgan fingerprint density at radius 3 is 1.67 bits per heavy atom. The van der Waals surface area contributed by atoms with E-state index in [2.05, 4.69) is 42.7 Å². The van der Waals surface area contributed by atoms with Gasteiger partial charge in [0.2, 0.25) is 11.8 Å². The Labute approximate surface area is 332 Å². The van der Waals surface area contributed by atoms with Gasteiger partial charge in [0.15, 0.2) is 11.2 Å². The van der Waals surface area contributed by atoms with Crippen LogP contribution in [0.2, 0.25) is 0 Å². The number of aromatic nitrogens is 8. The fourth-order valence-electron chi connectivity index (χ4n) is 7.31. The molecule has 0 N–H and O–H groups in total. The minimum absolute atomic E-state index is 0.00431. The molecule has 0 radical (unpaired) electrons. The van der Waals surface area contributed by atoms with E-state index in [1.54, 1.807) is 68.4 Å². The van der Waals surface area contributed by atoms with Gasteiger partial charge in [-0.05, 0) is 46.5 Å². The second kappa shape index (κ2) is 15.9. The second-order valence-corrected chi connectivity index (χ2v) is 14.9. The fraction of sp³-hybridized carbons (Fsp3) is 0.350. The molecule has 18 nitrogen and oxygen atoms in total. The van der Waals surface area contributed by atoms with E-state index >= 15 is 0 Å². The normalized spacial score (nSPS) is 17.0. The van der Waals surface area contributed by atoms with E-state index < -0.39 is 0 Å². The quantitative estimate of drug-likeness (QED) is 0.187. The van der Waals surface area contributed by atoms with Gasteiger partial charge < -0.3 is 28.4 Å². The van der Waals surface area contributed by atoms with Crippen LogP contribution in [0.25, 0.3) is 33.3 Å². The first-order valence-electron chi connectivity index (χ1n) is 18.9. The Bertz CT molecular complexity index is 2370. The lowest BCUT2D eigenvalue weighted by Gasteiger charge is -2.40. The molecule has 0 saturated heterocycles. The number of carbonyl (C=O) groups excluding carboxylic acids is 4. The van der Waals surface area contributed by atoms with Crippen molar-refractivity contribution in [3.05, 3.63) is 96.2 Å². The molecule has 2 atom stereocenters. The number of benzene rings is 2. The number of rotatable bonds is 11. The molecule has 2 aliphatic heterocycles. The van der Waals surface area contributed by atoms with Crippen molar-refractivity contribution < 1.29 is 28.0 Å². The molecule has 6 aromatic rings. The molecule has 0 fully saturated rings. The maximum Gasteiger partial charge on any atom is 0.309 e. The molecule has 298 valence electrons. The van der Waals surface area contributed by atoms with E-state index in [0.717, 1.165) is 22.3 Å². The molecule has 4 aromatic heterocycles. The molecule has 8 rings (SSSR count). The van der Waals surface area contributed by atoms with E-state index in [4.69, 9.17) is 8.83 Å². The summed E-state index contributed by atoms with van der Waals surface area (Å²) in [5.74, 6) is -1.19. The van der Waals surface area contributed by atoms with Gasteiger partial charge in [0.25, 0.3) is 11.8 Å². The summed E-state index contributed by atoms with van der Waals surface area (Å²) in [6, 6.07) is 11.2. The zero-order valence-corrected chi connectivity index (χ0v) is 32.6. The Kier molecular flexibility index (Phi) is 10.4. The topological polar surface area (TPSA) is 195 Å². The Balaban J connectivity index is 1.15. The summed E-state index contributed by atoms with van der Waals surface area (Å²) in [5.41, 5.74) is 5.47. The van der Waals surface area contributed by atoms with Gasteiger partial charge >= 0.3 is 11.8 Å². The number of nitrogens with zero attached hydrogens (tertiary/aromatic N) is 12. The van der Waals surface area contributed by atoms with E-state index in [1.807, 2.05) is 40.1 Å². The Morgan fingerprint density at radius 2 is 1.16 bits per heavy atom. The van der Waals surface area contributed by atoms with Gasteiger partial charge in [-0.2, -0.15) is 0 Å². The summed E-state index contributed by atoms with van der Waals surface area (Å²) >= 11 is 0. The van der Waals surface area contributed by atoms with E-state index in [-0.39, 0.29) is 60.1 Å². The summed E-state index contributed by atoms with van der Waals surface area (Å²) in [6.07, 6.45) is 11.4. The number of oxazole rings is 2. The van der Waals surface area contributed by atoms with Crippen LogP contribution in [-0.2, 0) is 22.7 Å².